The van der Waals surface area contributed by atoms with Crippen LogP contribution in [0.2, 0.25) is 0 Å². The summed E-state index contributed by atoms with van der Waals surface area (Å²) >= 11 is 0. The van der Waals surface area contributed by atoms with Gasteiger partial charge in [0, 0.05) is 21.5 Å². The molecule has 198 valence electrons. The molecule has 0 aliphatic rings. The predicted molar refractivity (Wildman–Crippen MR) is 181 cm³/mol. The molecular formula is C41H29N. The molecule has 0 radical (unpaired) electrons. The van der Waals surface area contributed by atoms with E-state index in [-0.39, 0.29) is 0 Å². The van der Waals surface area contributed by atoms with Crippen molar-refractivity contribution in [1.82, 2.24) is 4.40 Å². The Morgan fingerprint density at radius 3 is 1.50 bits per heavy atom. The molecule has 0 spiro atoms. The number of nitrogens with zero attached hydrogens (tertiary/aromatic N) is 1. The van der Waals surface area contributed by atoms with Crippen LogP contribution in [0.1, 0.15) is 25.3 Å². The molecule has 0 bridgehead atoms. The zero-order valence-corrected chi connectivity index (χ0v) is 23.7. The van der Waals surface area contributed by atoms with E-state index in [2.05, 4.69) is 152 Å². The zero-order chi connectivity index (χ0) is 27.9. The van der Waals surface area contributed by atoms with Crippen LogP contribution in [0.4, 0.5) is 0 Å². The lowest BCUT2D eigenvalue weighted by molar-refractivity contribution is 0.869. The normalized spacial score (nSPS) is 12.3. The Kier molecular flexibility index (Phi) is 4.87. The molecule has 0 saturated carbocycles. The third-order valence-corrected chi connectivity index (χ3v) is 9.22. The molecule has 42 heavy (non-hydrogen) atoms. The van der Waals surface area contributed by atoms with Gasteiger partial charge in [-0.3, -0.25) is 0 Å². The molecule has 0 N–H and O–H groups in total. The van der Waals surface area contributed by atoms with E-state index in [9.17, 15) is 0 Å². The van der Waals surface area contributed by atoms with Crippen LogP contribution in [0, 0.1) is 0 Å². The Bertz CT molecular complexity index is 2350. The molecule has 0 amide bonds. The van der Waals surface area contributed by atoms with Gasteiger partial charge in [-0.05, 0) is 97.7 Å². The third kappa shape index (κ3) is 3.31. The quantitative estimate of drug-likeness (QED) is 0.212. The first-order chi connectivity index (χ1) is 20.6. The Balaban J connectivity index is 1.42. The van der Waals surface area contributed by atoms with Gasteiger partial charge >= 0.3 is 0 Å². The number of fused-ring (bicyclic) bond motifs is 8. The second-order valence-electron chi connectivity index (χ2n) is 12.0. The average Bonchev–Trinajstić information content (AvgIpc) is 3.53. The summed E-state index contributed by atoms with van der Waals surface area (Å²) in [5.41, 5.74) is 10.4. The first kappa shape index (κ1) is 23.6. The summed E-state index contributed by atoms with van der Waals surface area (Å²) in [5.74, 6) is 0.445. The summed E-state index contributed by atoms with van der Waals surface area (Å²) in [6.07, 6.45) is 0. The molecule has 7 aromatic carbocycles. The summed E-state index contributed by atoms with van der Waals surface area (Å²) in [4.78, 5) is 0. The monoisotopic (exact) mass is 535 g/mol. The van der Waals surface area contributed by atoms with Crippen LogP contribution in [0.15, 0.2) is 133 Å². The van der Waals surface area contributed by atoms with Gasteiger partial charge in [-0.25, -0.2) is 0 Å². The van der Waals surface area contributed by atoms with Crippen LogP contribution < -0.4 is 0 Å². The maximum absolute atomic E-state index is 2.51. The van der Waals surface area contributed by atoms with Crippen LogP contribution in [-0.2, 0) is 0 Å². The highest BCUT2D eigenvalue weighted by atomic mass is 14.9. The number of aromatic nitrogens is 1. The largest absolute Gasteiger partial charge is 0.308 e. The van der Waals surface area contributed by atoms with Crippen LogP contribution in [0.3, 0.4) is 0 Å². The van der Waals surface area contributed by atoms with Crippen molar-refractivity contribution in [3.05, 3.63) is 139 Å². The summed E-state index contributed by atoms with van der Waals surface area (Å²) in [7, 11) is 0. The maximum Gasteiger partial charge on any atom is 0.0620 e. The van der Waals surface area contributed by atoms with Crippen molar-refractivity contribution in [1.29, 1.82) is 0 Å². The van der Waals surface area contributed by atoms with E-state index in [4.69, 9.17) is 0 Å². The van der Waals surface area contributed by atoms with Crippen LogP contribution in [-0.4, -0.2) is 4.40 Å². The Morgan fingerprint density at radius 2 is 0.952 bits per heavy atom. The van der Waals surface area contributed by atoms with E-state index in [0.717, 1.165) is 0 Å². The lowest BCUT2D eigenvalue weighted by Gasteiger charge is -2.15. The number of hydrogen-bond donors (Lipinski definition) is 0. The molecule has 2 heterocycles. The SMILES string of the molecule is CC(C)c1ccc(-c2cc3c4cc5ccccc5cc4n4c5cc6ccccc6cc5c(c2)c34)cc1-c1ccccc1. The zero-order valence-electron chi connectivity index (χ0n) is 23.7. The minimum atomic E-state index is 0.445. The smallest absolute Gasteiger partial charge is 0.0620 e. The van der Waals surface area contributed by atoms with E-state index < -0.39 is 0 Å². The minimum Gasteiger partial charge on any atom is -0.308 e. The molecule has 0 fully saturated rings. The van der Waals surface area contributed by atoms with Crippen molar-refractivity contribution >= 4 is 59.6 Å². The van der Waals surface area contributed by atoms with Gasteiger partial charge in [-0.1, -0.05) is 105 Å². The van der Waals surface area contributed by atoms with Gasteiger partial charge in [0.2, 0.25) is 0 Å². The van der Waals surface area contributed by atoms with E-state index in [1.54, 1.807) is 0 Å². The molecule has 1 heteroatoms. The average molecular weight is 536 g/mol. The van der Waals surface area contributed by atoms with Gasteiger partial charge in [-0.15, -0.1) is 0 Å². The fourth-order valence-electron chi connectivity index (χ4n) is 7.19. The van der Waals surface area contributed by atoms with Crippen molar-refractivity contribution in [2.45, 2.75) is 19.8 Å². The molecule has 9 aromatic rings. The van der Waals surface area contributed by atoms with Gasteiger partial charge in [-0.2, -0.15) is 0 Å². The summed E-state index contributed by atoms with van der Waals surface area (Å²) < 4.78 is 2.51. The van der Waals surface area contributed by atoms with Crippen LogP contribution in [0.5, 0.6) is 0 Å². The fourth-order valence-corrected chi connectivity index (χ4v) is 7.19. The standard InChI is InChI=1S/C41H29N/c1-25(2)33-17-16-31(18-34(33)26-10-4-3-5-11-26)32-21-37-35-19-27-12-6-8-14-29(27)23-39(35)42-40-24-30-15-9-7-13-28(30)20-36(40)38(22-32)41(37)42/h3-25H,1-2H3. The van der Waals surface area contributed by atoms with Gasteiger partial charge < -0.3 is 4.40 Å². The summed E-state index contributed by atoms with van der Waals surface area (Å²) in [5, 5.41) is 10.4. The fraction of sp³-hybridized carbons (Fsp3) is 0.0732. The number of rotatable bonds is 3. The second-order valence-corrected chi connectivity index (χ2v) is 12.0. The van der Waals surface area contributed by atoms with E-state index in [0.29, 0.717) is 5.92 Å². The van der Waals surface area contributed by atoms with E-state index >= 15 is 0 Å². The lowest BCUT2D eigenvalue weighted by atomic mass is 9.89. The lowest BCUT2D eigenvalue weighted by Crippen LogP contribution is -1.93. The van der Waals surface area contributed by atoms with Crippen LogP contribution >= 0.6 is 0 Å². The molecule has 0 atom stereocenters. The third-order valence-electron chi connectivity index (χ3n) is 9.22. The van der Waals surface area contributed by atoms with Gasteiger partial charge in [0.05, 0.1) is 16.6 Å². The second kappa shape index (κ2) is 8.68. The molecule has 0 unspecified atom stereocenters. The maximum atomic E-state index is 2.51. The van der Waals surface area contributed by atoms with Crippen LogP contribution in [0.25, 0.3) is 81.9 Å². The Labute approximate surface area is 244 Å². The van der Waals surface area contributed by atoms with Crippen molar-refractivity contribution in [2.24, 2.45) is 0 Å². The summed E-state index contributed by atoms with van der Waals surface area (Å²) in [6.45, 7) is 4.57. The molecular weight excluding hydrogens is 506 g/mol. The van der Waals surface area contributed by atoms with E-state index in [1.807, 2.05) is 0 Å². The van der Waals surface area contributed by atoms with Crippen molar-refractivity contribution in [2.75, 3.05) is 0 Å². The topological polar surface area (TPSA) is 4.41 Å². The Morgan fingerprint density at radius 1 is 0.429 bits per heavy atom. The first-order valence-corrected chi connectivity index (χ1v) is 14.9. The Hall–Kier alpha value is -5.14. The molecule has 9 rings (SSSR count). The van der Waals surface area contributed by atoms with Gasteiger partial charge in [0.15, 0.2) is 0 Å². The summed E-state index contributed by atoms with van der Waals surface area (Å²) in [6, 6.07) is 49.7. The van der Waals surface area contributed by atoms with Crippen molar-refractivity contribution in [3.63, 3.8) is 0 Å². The first-order valence-electron chi connectivity index (χ1n) is 14.9. The molecule has 0 saturated heterocycles. The van der Waals surface area contributed by atoms with Gasteiger partial charge in [0.25, 0.3) is 0 Å². The van der Waals surface area contributed by atoms with Gasteiger partial charge in [0.1, 0.15) is 0 Å². The molecule has 0 aliphatic heterocycles. The molecule has 0 aliphatic carbocycles. The predicted octanol–water partition coefficient (Wildman–Crippen LogP) is 11.6. The highest BCUT2D eigenvalue weighted by molar-refractivity contribution is 6.27. The minimum absolute atomic E-state index is 0.445. The molecule has 2 aromatic heterocycles. The van der Waals surface area contributed by atoms with Crippen molar-refractivity contribution in [3.8, 4) is 22.3 Å². The molecule has 1 nitrogen and oxygen atoms in total. The number of hydrogen-bond acceptors (Lipinski definition) is 0. The highest BCUT2D eigenvalue weighted by Crippen LogP contribution is 2.44. The van der Waals surface area contributed by atoms with E-state index in [1.165, 1.54) is 87.5 Å². The number of benzene rings is 7. The highest BCUT2D eigenvalue weighted by Gasteiger charge is 2.20. The van der Waals surface area contributed by atoms with Crippen molar-refractivity contribution < 1.29 is 0 Å².